The first-order valence-electron chi connectivity index (χ1n) is 8.74. The Labute approximate surface area is 146 Å². The number of aromatic nitrogens is 1. The number of aryl methyl sites for hydroxylation is 1. The second-order valence-electron chi connectivity index (χ2n) is 6.86. The Morgan fingerprint density at radius 2 is 2.04 bits per heavy atom. The summed E-state index contributed by atoms with van der Waals surface area (Å²) in [5.41, 5.74) is 2.11. The SMILES string of the molecule is Cc1nc(Cc2ccccc2)sc1C(=O)N1CCC2CCC(C1)N2. The molecule has 1 aromatic carbocycles. The van der Waals surface area contributed by atoms with Crippen LogP contribution in [0.4, 0.5) is 0 Å². The molecule has 1 aromatic heterocycles. The molecule has 2 atom stereocenters. The van der Waals surface area contributed by atoms with E-state index in [1.54, 1.807) is 11.3 Å². The minimum atomic E-state index is 0.165. The molecular formula is C19H23N3OS. The van der Waals surface area contributed by atoms with Crippen molar-refractivity contribution in [1.82, 2.24) is 15.2 Å². The van der Waals surface area contributed by atoms with Crippen LogP contribution in [-0.2, 0) is 6.42 Å². The molecule has 2 unspecified atom stereocenters. The van der Waals surface area contributed by atoms with Crippen molar-refractivity contribution in [3.05, 3.63) is 51.5 Å². The lowest BCUT2D eigenvalue weighted by molar-refractivity contribution is 0.0752. The predicted octanol–water partition coefficient (Wildman–Crippen LogP) is 3.01. The number of thiazole rings is 1. The van der Waals surface area contributed by atoms with Gasteiger partial charge in [-0.25, -0.2) is 4.98 Å². The maximum absolute atomic E-state index is 13.0. The normalized spacial score (nSPS) is 23.3. The third kappa shape index (κ3) is 3.23. The first-order valence-corrected chi connectivity index (χ1v) is 9.56. The smallest absolute Gasteiger partial charge is 0.265 e. The zero-order valence-corrected chi connectivity index (χ0v) is 14.8. The van der Waals surface area contributed by atoms with Crippen LogP contribution in [0.2, 0.25) is 0 Å². The van der Waals surface area contributed by atoms with Gasteiger partial charge in [-0.15, -0.1) is 11.3 Å². The number of nitrogens with one attached hydrogen (secondary N) is 1. The van der Waals surface area contributed by atoms with Gasteiger partial charge in [-0.3, -0.25) is 4.79 Å². The van der Waals surface area contributed by atoms with E-state index >= 15 is 0 Å². The monoisotopic (exact) mass is 341 g/mol. The number of rotatable bonds is 3. The van der Waals surface area contributed by atoms with Gasteiger partial charge in [0.05, 0.1) is 10.7 Å². The highest BCUT2D eigenvalue weighted by Gasteiger charge is 2.32. The lowest BCUT2D eigenvalue weighted by Crippen LogP contribution is -2.39. The van der Waals surface area contributed by atoms with Crippen molar-refractivity contribution in [2.24, 2.45) is 0 Å². The van der Waals surface area contributed by atoms with Gasteiger partial charge in [0.25, 0.3) is 5.91 Å². The van der Waals surface area contributed by atoms with E-state index in [1.165, 1.54) is 18.4 Å². The summed E-state index contributed by atoms with van der Waals surface area (Å²) in [4.78, 5) is 20.5. The van der Waals surface area contributed by atoms with Gasteiger partial charge in [-0.05, 0) is 31.7 Å². The van der Waals surface area contributed by atoms with Gasteiger partial charge in [0.2, 0.25) is 0 Å². The average Bonchev–Trinajstić information content (AvgIpc) is 3.10. The molecule has 1 N–H and O–H groups in total. The van der Waals surface area contributed by atoms with E-state index in [0.717, 1.165) is 41.5 Å². The molecule has 2 aliphatic rings. The van der Waals surface area contributed by atoms with E-state index < -0.39 is 0 Å². The second kappa shape index (κ2) is 6.65. The Balaban J connectivity index is 1.50. The van der Waals surface area contributed by atoms with Crippen molar-refractivity contribution < 1.29 is 4.79 Å². The molecule has 4 nitrogen and oxygen atoms in total. The first kappa shape index (κ1) is 15.8. The van der Waals surface area contributed by atoms with Crippen LogP contribution < -0.4 is 5.32 Å². The van der Waals surface area contributed by atoms with Crippen molar-refractivity contribution in [2.75, 3.05) is 13.1 Å². The first-order chi connectivity index (χ1) is 11.7. The number of hydrogen-bond donors (Lipinski definition) is 1. The fraction of sp³-hybridized carbons (Fsp3) is 0.474. The molecule has 0 spiro atoms. The summed E-state index contributed by atoms with van der Waals surface area (Å²) >= 11 is 1.56. The number of hydrogen-bond acceptors (Lipinski definition) is 4. The van der Waals surface area contributed by atoms with Crippen LogP contribution in [0.15, 0.2) is 30.3 Å². The summed E-state index contributed by atoms with van der Waals surface area (Å²) < 4.78 is 0. The average molecular weight is 341 g/mol. The van der Waals surface area contributed by atoms with Crippen LogP contribution in [0.25, 0.3) is 0 Å². The molecule has 1 amide bonds. The molecule has 5 heteroatoms. The largest absolute Gasteiger partial charge is 0.336 e. The van der Waals surface area contributed by atoms with Gasteiger partial charge in [0.1, 0.15) is 4.88 Å². The molecule has 126 valence electrons. The van der Waals surface area contributed by atoms with Crippen LogP contribution in [0.3, 0.4) is 0 Å². The minimum Gasteiger partial charge on any atom is -0.336 e. The van der Waals surface area contributed by atoms with E-state index in [2.05, 4.69) is 22.4 Å². The molecule has 0 radical (unpaired) electrons. The highest BCUT2D eigenvalue weighted by Crippen LogP contribution is 2.26. The van der Waals surface area contributed by atoms with Gasteiger partial charge in [0.15, 0.2) is 0 Å². The lowest BCUT2D eigenvalue weighted by atomic mass is 10.1. The number of carbonyl (C=O) groups is 1. The zero-order valence-electron chi connectivity index (χ0n) is 14.0. The highest BCUT2D eigenvalue weighted by molar-refractivity contribution is 7.13. The number of nitrogens with zero attached hydrogens (tertiary/aromatic N) is 2. The van der Waals surface area contributed by atoms with E-state index in [9.17, 15) is 4.79 Å². The Hall–Kier alpha value is -1.72. The second-order valence-corrected chi connectivity index (χ2v) is 7.95. The maximum Gasteiger partial charge on any atom is 0.265 e. The third-order valence-corrected chi connectivity index (χ3v) is 6.19. The lowest BCUT2D eigenvalue weighted by Gasteiger charge is -2.23. The summed E-state index contributed by atoms with van der Waals surface area (Å²) in [5, 5.41) is 4.66. The van der Waals surface area contributed by atoms with Crippen molar-refractivity contribution in [3.63, 3.8) is 0 Å². The van der Waals surface area contributed by atoms with Crippen molar-refractivity contribution in [1.29, 1.82) is 0 Å². The summed E-state index contributed by atoms with van der Waals surface area (Å²) in [6, 6.07) is 11.4. The summed E-state index contributed by atoms with van der Waals surface area (Å²) in [6.07, 6.45) is 4.31. The molecule has 0 saturated carbocycles. The van der Waals surface area contributed by atoms with Crippen LogP contribution in [-0.4, -0.2) is 41.0 Å². The van der Waals surface area contributed by atoms with Gasteiger partial charge in [-0.1, -0.05) is 30.3 Å². The van der Waals surface area contributed by atoms with Crippen LogP contribution in [0, 0.1) is 6.92 Å². The van der Waals surface area contributed by atoms with Crippen LogP contribution in [0.1, 0.15) is 45.2 Å². The Bertz CT molecular complexity index is 727. The van der Waals surface area contributed by atoms with E-state index in [-0.39, 0.29) is 5.91 Å². The van der Waals surface area contributed by atoms with E-state index in [1.807, 2.05) is 30.0 Å². The molecule has 2 aromatic rings. The number of fused-ring (bicyclic) bond motifs is 2. The third-order valence-electron chi connectivity index (χ3n) is 5.04. The van der Waals surface area contributed by atoms with Gasteiger partial charge in [0, 0.05) is 31.6 Å². The fourth-order valence-corrected chi connectivity index (χ4v) is 4.83. The molecule has 4 rings (SSSR count). The molecule has 2 bridgehead atoms. The van der Waals surface area contributed by atoms with E-state index in [0.29, 0.717) is 12.1 Å². The molecule has 2 aliphatic heterocycles. The van der Waals surface area contributed by atoms with Crippen molar-refractivity contribution in [3.8, 4) is 0 Å². The molecule has 24 heavy (non-hydrogen) atoms. The molecule has 3 heterocycles. The molecule has 0 aliphatic carbocycles. The Morgan fingerprint density at radius 3 is 2.88 bits per heavy atom. The fourth-order valence-electron chi connectivity index (χ4n) is 3.77. The Morgan fingerprint density at radius 1 is 1.25 bits per heavy atom. The molecule has 2 saturated heterocycles. The molecule has 2 fully saturated rings. The van der Waals surface area contributed by atoms with Crippen molar-refractivity contribution >= 4 is 17.2 Å². The van der Waals surface area contributed by atoms with E-state index in [4.69, 9.17) is 0 Å². The van der Waals surface area contributed by atoms with Crippen molar-refractivity contribution in [2.45, 2.75) is 44.7 Å². The minimum absolute atomic E-state index is 0.165. The van der Waals surface area contributed by atoms with Crippen LogP contribution >= 0.6 is 11.3 Å². The maximum atomic E-state index is 13.0. The van der Waals surface area contributed by atoms with Crippen LogP contribution in [0.5, 0.6) is 0 Å². The van der Waals surface area contributed by atoms with Gasteiger partial charge in [-0.2, -0.15) is 0 Å². The zero-order chi connectivity index (χ0) is 16.5. The topological polar surface area (TPSA) is 45.2 Å². The Kier molecular flexibility index (Phi) is 4.37. The number of benzene rings is 1. The molecular weight excluding hydrogens is 318 g/mol. The highest BCUT2D eigenvalue weighted by atomic mass is 32.1. The van der Waals surface area contributed by atoms with Gasteiger partial charge < -0.3 is 10.2 Å². The van der Waals surface area contributed by atoms with Gasteiger partial charge >= 0.3 is 0 Å². The number of amides is 1. The predicted molar refractivity (Wildman–Crippen MR) is 96.6 cm³/mol. The number of carbonyl (C=O) groups excluding carboxylic acids is 1. The summed E-state index contributed by atoms with van der Waals surface area (Å²) in [6.45, 7) is 3.65. The number of likely N-dealkylation sites (tertiary alicyclic amines) is 1. The summed E-state index contributed by atoms with van der Waals surface area (Å²) in [7, 11) is 0. The summed E-state index contributed by atoms with van der Waals surface area (Å²) in [5.74, 6) is 0.165. The standard InChI is InChI=1S/C19H23N3OS/c1-13-18(24-17(20-13)11-14-5-3-2-4-6-14)19(23)22-10-9-15-7-8-16(12-22)21-15/h2-6,15-16,21H,7-12H2,1H3. The quantitative estimate of drug-likeness (QED) is 0.933.